The highest BCUT2D eigenvalue weighted by atomic mass is 15.1. The largest absolute Gasteiger partial charge is 0.309 e. The van der Waals surface area contributed by atoms with Gasteiger partial charge in [0.1, 0.15) is 0 Å². The molecule has 0 aliphatic carbocycles. The molecular formula is C17H27N3. The fraction of sp³-hybridized carbons (Fsp3) is 0.647. The van der Waals surface area contributed by atoms with Gasteiger partial charge in [0.05, 0.1) is 0 Å². The topological polar surface area (TPSA) is 18.5 Å². The average Bonchev–Trinajstić information content (AvgIpc) is 2.89. The zero-order valence-corrected chi connectivity index (χ0v) is 12.9. The lowest BCUT2D eigenvalue weighted by molar-refractivity contribution is 0.173. The van der Waals surface area contributed by atoms with E-state index in [1.165, 1.54) is 49.2 Å². The third kappa shape index (κ3) is 3.40. The molecule has 0 radical (unpaired) electrons. The van der Waals surface area contributed by atoms with Crippen molar-refractivity contribution in [2.24, 2.45) is 5.92 Å². The summed E-state index contributed by atoms with van der Waals surface area (Å²) in [7, 11) is 4.50. The second-order valence-electron chi connectivity index (χ2n) is 6.65. The van der Waals surface area contributed by atoms with E-state index in [1.54, 1.807) is 0 Å². The van der Waals surface area contributed by atoms with Crippen molar-refractivity contribution in [1.82, 2.24) is 15.1 Å². The van der Waals surface area contributed by atoms with Crippen molar-refractivity contribution in [3.8, 4) is 0 Å². The van der Waals surface area contributed by atoms with Crippen LogP contribution >= 0.6 is 0 Å². The quantitative estimate of drug-likeness (QED) is 0.906. The van der Waals surface area contributed by atoms with Gasteiger partial charge >= 0.3 is 0 Å². The van der Waals surface area contributed by atoms with Gasteiger partial charge in [-0.15, -0.1) is 0 Å². The summed E-state index contributed by atoms with van der Waals surface area (Å²) in [5.74, 6) is 0.882. The highest BCUT2D eigenvalue weighted by molar-refractivity contribution is 5.34. The minimum absolute atomic E-state index is 0.882. The van der Waals surface area contributed by atoms with E-state index in [2.05, 4.69) is 47.4 Å². The SMILES string of the molecule is CN1CCC(CN(C)Cc2ccc3c(c2)CNC3)CC1. The van der Waals surface area contributed by atoms with E-state index in [1.807, 2.05) is 0 Å². The maximum absolute atomic E-state index is 3.42. The van der Waals surface area contributed by atoms with Crippen molar-refractivity contribution < 1.29 is 0 Å². The van der Waals surface area contributed by atoms with E-state index in [9.17, 15) is 0 Å². The van der Waals surface area contributed by atoms with Crippen molar-refractivity contribution in [3.63, 3.8) is 0 Å². The predicted molar refractivity (Wildman–Crippen MR) is 83.5 cm³/mol. The van der Waals surface area contributed by atoms with Crippen LogP contribution in [0.25, 0.3) is 0 Å². The molecule has 3 nitrogen and oxygen atoms in total. The average molecular weight is 273 g/mol. The molecule has 0 amide bonds. The van der Waals surface area contributed by atoms with Crippen molar-refractivity contribution >= 4 is 0 Å². The van der Waals surface area contributed by atoms with Gasteiger partial charge in [-0.05, 0) is 62.6 Å². The Kier molecular flexibility index (Phi) is 4.39. The number of piperidine rings is 1. The van der Waals surface area contributed by atoms with E-state index >= 15 is 0 Å². The van der Waals surface area contributed by atoms with Gasteiger partial charge in [0.25, 0.3) is 0 Å². The zero-order valence-electron chi connectivity index (χ0n) is 12.9. The van der Waals surface area contributed by atoms with Crippen LogP contribution in [0.2, 0.25) is 0 Å². The fourth-order valence-electron chi connectivity index (χ4n) is 3.51. The maximum atomic E-state index is 3.42. The van der Waals surface area contributed by atoms with Gasteiger partial charge in [-0.3, -0.25) is 0 Å². The maximum Gasteiger partial charge on any atom is 0.0230 e. The standard InChI is InChI=1S/C17H27N3/c1-19-7-5-14(6-8-19)12-20(2)13-15-3-4-16-10-18-11-17(16)9-15/h3-4,9,14,18H,5-8,10-13H2,1-2H3. The van der Waals surface area contributed by atoms with Gasteiger partial charge in [0.15, 0.2) is 0 Å². The number of fused-ring (bicyclic) bond motifs is 1. The summed E-state index contributed by atoms with van der Waals surface area (Å²) in [4.78, 5) is 4.95. The summed E-state index contributed by atoms with van der Waals surface area (Å²) in [6.45, 7) is 6.94. The highest BCUT2D eigenvalue weighted by Crippen LogP contribution is 2.20. The van der Waals surface area contributed by atoms with Crippen LogP contribution < -0.4 is 5.32 Å². The normalized spacial score (nSPS) is 20.6. The molecule has 0 spiro atoms. The van der Waals surface area contributed by atoms with Crippen molar-refractivity contribution in [2.75, 3.05) is 33.7 Å². The molecule has 20 heavy (non-hydrogen) atoms. The summed E-state index contributed by atoms with van der Waals surface area (Å²) in [5.41, 5.74) is 4.43. The molecular weight excluding hydrogens is 246 g/mol. The summed E-state index contributed by atoms with van der Waals surface area (Å²) in [6.07, 6.45) is 2.71. The van der Waals surface area contributed by atoms with Crippen molar-refractivity contribution in [3.05, 3.63) is 34.9 Å². The van der Waals surface area contributed by atoms with E-state index in [-0.39, 0.29) is 0 Å². The summed E-state index contributed by atoms with van der Waals surface area (Å²) < 4.78 is 0. The molecule has 0 atom stereocenters. The first-order valence-electron chi connectivity index (χ1n) is 7.89. The Labute approximate surface area is 123 Å². The number of nitrogens with zero attached hydrogens (tertiary/aromatic N) is 2. The summed E-state index contributed by atoms with van der Waals surface area (Å²) >= 11 is 0. The van der Waals surface area contributed by atoms with Gasteiger partial charge in [-0.1, -0.05) is 18.2 Å². The molecule has 3 heteroatoms. The Morgan fingerprint density at radius 2 is 1.95 bits per heavy atom. The number of nitrogens with one attached hydrogen (secondary N) is 1. The van der Waals surface area contributed by atoms with Crippen molar-refractivity contribution in [2.45, 2.75) is 32.5 Å². The molecule has 1 aromatic carbocycles. The third-order valence-corrected chi connectivity index (χ3v) is 4.76. The van der Waals surface area contributed by atoms with Gasteiger partial charge in [-0.25, -0.2) is 0 Å². The van der Waals surface area contributed by atoms with Crippen LogP contribution in [-0.2, 0) is 19.6 Å². The van der Waals surface area contributed by atoms with Crippen LogP contribution in [0.4, 0.5) is 0 Å². The first-order valence-corrected chi connectivity index (χ1v) is 7.89. The minimum Gasteiger partial charge on any atom is -0.309 e. The first kappa shape index (κ1) is 14.1. The van der Waals surface area contributed by atoms with Crippen LogP contribution in [0.3, 0.4) is 0 Å². The Hall–Kier alpha value is -0.900. The summed E-state index contributed by atoms with van der Waals surface area (Å²) in [6, 6.07) is 6.99. The van der Waals surface area contributed by atoms with Crippen LogP contribution in [0.5, 0.6) is 0 Å². The van der Waals surface area contributed by atoms with Crippen LogP contribution in [0.1, 0.15) is 29.5 Å². The zero-order chi connectivity index (χ0) is 13.9. The second-order valence-corrected chi connectivity index (χ2v) is 6.65. The summed E-state index contributed by atoms with van der Waals surface area (Å²) in [5, 5.41) is 3.42. The molecule has 2 aliphatic heterocycles. The minimum atomic E-state index is 0.882. The monoisotopic (exact) mass is 273 g/mol. The smallest absolute Gasteiger partial charge is 0.0230 e. The molecule has 1 saturated heterocycles. The fourth-order valence-corrected chi connectivity index (χ4v) is 3.51. The Morgan fingerprint density at radius 1 is 1.20 bits per heavy atom. The lowest BCUT2D eigenvalue weighted by Crippen LogP contribution is -2.35. The van der Waals surface area contributed by atoms with Crippen LogP contribution in [0, 0.1) is 5.92 Å². The molecule has 2 heterocycles. The molecule has 1 aromatic rings. The Morgan fingerprint density at radius 3 is 2.75 bits per heavy atom. The third-order valence-electron chi connectivity index (χ3n) is 4.76. The van der Waals surface area contributed by atoms with Crippen molar-refractivity contribution in [1.29, 1.82) is 0 Å². The number of hydrogen-bond acceptors (Lipinski definition) is 3. The van der Waals surface area contributed by atoms with Gasteiger partial charge in [0, 0.05) is 26.2 Å². The number of likely N-dealkylation sites (tertiary alicyclic amines) is 1. The molecule has 2 aliphatic rings. The molecule has 1 fully saturated rings. The Balaban J connectivity index is 1.52. The molecule has 0 aromatic heterocycles. The molecule has 3 rings (SSSR count). The predicted octanol–water partition coefficient (Wildman–Crippen LogP) is 2.06. The number of hydrogen-bond donors (Lipinski definition) is 1. The molecule has 0 bridgehead atoms. The van der Waals surface area contributed by atoms with Crippen LogP contribution in [0.15, 0.2) is 18.2 Å². The Bertz CT molecular complexity index is 450. The molecule has 0 unspecified atom stereocenters. The number of benzene rings is 1. The molecule has 1 N–H and O–H groups in total. The van der Waals surface area contributed by atoms with E-state index < -0.39 is 0 Å². The number of rotatable bonds is 4. The second kappa shape index (κ2) is 6.25. The first-order chi connectivity index (χ1) is 9.70. The highest BCUT2D eigenvalue weighted by Gasteiger charge is 2.18. The molecule has 110 valence electrons. The lowest BCUT2D eigenvalue weighted by atomic mass is 9.96. The van der Waals surface area contributed by atoms with Gasteiger partial charge in [0.2, 0.25) is 0 Å². The van der Waals surface area contributed by atoms with E-state index in [4.69, 9.17) is 0 Å². The lowest BCUT2D eigenvalue weighted by Gasteiger charge is -2.31. The molecule has 0 saturated carbocycles. The van der Waals surface area contributed by atoms with Gasteiger partial charge < -0.3 is 15.1 Å². The van der Waals surface area contributed by atoms with E-state index in [0.717, 1.165) is 25.6 Å². The van der Waals surface area contributed by atoms with Gasteiger partial charge in [-0.2, -0.15) is 0 Å². The van der Waals surface area contributed by atoms with Crippen LogP contribution in [-0.4, -0.2) is 43.5 Å². The van der Waals surface area contributed by atoms with E-state index in [0.29, 0.717) is 0 Å².